The van der Waals surface area contributed by atoms with Crippen molar-refractivity contribution >= 4 is 17.4 Å². The van der Waals surface area contributed by atoms with Crippen LogP contribution in [0.15, 0.2) is 60.7 Å². The molecule has 1 saturated heterocycles. The Labute approximate surface area is 221 Å². The highest BCUT2D eigenvalue weighted by molar-refractivity contribution is 6.46. The van der Waals surface area contributed by atoms with Crippen LogP contribution in [-0.4, -0.2) is 57.6 Å². The van der Waals surface area contributed by atoms with E-state index in [-0.39, 0.29) is 17.4 Å². The number of aromatic nitrogens is 2. The second-order valence-corrected chi connectivity index (χ2v) is 9.44. The number of carbonyl (C=O) groups is 2. The summed E-state index contributed by atoms with van der Waals surface area (Å²) in [6.45, 7) is 5.27. The van der Waals surface area contributed by atoms with Crippen LogP contribution >= 0.6 is 0 Å². The average molecular weight is 518 g/mol. The van der Waals surface area contributed by atoms with E-state index in [0.717, 1.165) is 11.3 Å². The fraction of sp³-hybridized carbons (Fsp3) is 0.345. The molecule has 1 aromatic heterocycles. The third kappa shape index (κ3) is 4.71. The lowest BCUT2D eigenvalue weighted by Crippen LogP contribution is -2.31. The molecule has 0 radical (unpaired) electrons. The van der Waals surface area contributed by atoms with Crippen LogP contribution in [-0.2, 0) is 22.6 Å². The number of nitrogens with zero attached hydrogens (tertiary/aromatic N) is 3. The molecule has 38 heavy (non-hydrogen) atoms. The zero-order chi connectivity index (χ0) is 26.8. The zero-order valence-electron chi connectivity index (χ0n) is 21.7. The molecular weight excluding hydrogens is 486 g/mol. The number of amides is 1. The Morgan fingerprint density at radius 3 is 2.74 bits per heavy atom. The minimum absolute atomic E-state index is 0.0415. The molecule has 3 heterocycles. The highest BCUT2D eigenvalue weighted by Crippen LogP contribution is 2.42. The van der Waals surface area contributed by atoms with E-state index in [4.69, 9.17) is 14.2 Å². The predicted octanol–water partition coefficient (Wildman–Crippen LogP) is 4.13. The highest BCUT2D eigenvalue weighted by Gasteiger charge is 2.46. The highest BCUT2D eigenvalue weighted by atomic mass is 16.5. The van der Waals surface area contributed by atoms with Crippen molar-refractivity contribution in [3.8, 4) is 17.2 Å². The molecule has 0 aliphatic carbocycles. The molecule has 0 bridgehead atoms. The number of carbonyl (C=O) groups excluding carboxylic acids is 2. The van der Waals surface area contributed by atoms with Gasteiger partial charge in [-0.25, -0.2) is 4.98 Å². The Morgan fingerprint density at radius 1 is 1.16 bits per heavy atom. The minimum Gasteiger partial charge on any atom is -0.507 e. The quantitative estimate of drug-likeness (QED) is 0.259. The first-order chi connectivity index (χ1) is 18.4. The number of imidazole rings is 1. The van der Waals surface area contributed by atoms with E-state index in [2.05, 4.69) is 4.98 Å². The fourth-order valence-electron chi connectivity index (χ4n) is 5.15. The molecule has 9 heteroatoms. The smallest absolute Gasteiger partial charge is 0.295 e. The standard InChI is InChI=1S/C29H31N3O6/c1-4-37-23-9-6-19(16-24(23)36-3)26-25(27(33)20-7-8-22-21(15-20)14-18(2)38-22)28(34)29(35)32(26)12-5-11-31-13-10-30-17-31/h6-10,13,15-18,26,33H,4-5,11-12,14H2,1-3H3/b27-25-. The van der Waals surface area contributed by atoms with E-state index in [9.17, 15) is 14.7 Å². The molecule has 2 unspecified atom stereocenters. The Kier molecular flexibility index (Phi) is 7.09. The Morgan fingerprint density at radius 2 is 2.00 bits per heavy atom. The lowest BCUT2D eigenvalue weighted by atomic mass is 9.94. The topological polar surface area (TPSA) is 103 Å². The van der Waals surface area contributed by atoms with Crippen LogP contribution in [0.25, 0.3) is 5.76 Å². The molecule has 5 rings (SSSR count). The van der Waals surface area contributed by atoms with E-state index in [0.29, 0.717) is 55.2 Å². The van der Waals surface area contributed by atoms with Gasteiger partial charge in [0, 0.05) is 37.5 Å². The van der Waals surface area contributed by atoms with Crippen molar-refractivity contribution in [3.05, 3.63) is 77.4 Å². The summed E-state index contributed by atoms with van der Waals surface area (Å²) >= 11 is 0. The van der Waals surface area contributed by atoms with Crippen LogP contribution < -0.4 is 14.2 Å². The number of benzene rings is 2. The van der Waals surface area contributed by atoms with E-state index < -0.39 is 17.7 Å². The van der Waals surface area contributed by atoms with Gasteiger partial charge in [-0.2, -0.15) is 0 Å². The summed E-state index contributed by atoms with van der Waals surface area (Å²) < 4.78 is 18.9. The number of likely N-dealkylation sites (tertiary alicyclic amines) is 1. The van der Waals surface area contributed by atoms with Gasteiger partial charge in [0.05, 0.1) is 31.7 Å². The summed E-state index contributed by atoms with van der Waals surface area (Å²) in [5.74, 6) is 0.240. The molecule has 198 valence electrons. The third-order valence-corrected chi connectivity index (χ3v) is 6.89. The molecule has 1 N–H and O–H groups in total. The predicted molar refractivity (Wildman–Crippen MR) is 140 cm³/mol. The summed E-state index contributed by atoms with van der Waals surface area (Å²) in [6.07, 6.45) is 6.60. The number of ether oxygens (including phenoxy) is 3. The number of hydrogen-bond donors (Lipinski definition) is 1. The number of aliphatic hydroxyl groups is 1. The van der Waals surface area contributed by atoms with Gasteiger partial charge < -0.3 is 28.8 Å². The number of aryl methyl sites for hydroxylation is 1. The molecule has 3 aromatic rings. The van der Waals surface area contributed by atoms with Gasteiger partial charge in [0.2, 0.25) is 0 Å². The molecule has 2 aromatic carbocycles. The van der Waals surface area contributed by atoms with Crippen molar-refractivity contribution < 1.29 is 28.9 Å². The number of aliphatic hydroxyl groups excluding tert-OH is 1. The van der Waals surface area contributed by atoms with Gasteiger partial charge in [-0.3, -0.25) is 9.59 Å². The molecule has 2 atom stereocenters. The summed E-state index contributed by atoms with van der Waals surface area (Å²) in [4.78, 5) is 32.3. The van der Waals surface area contributed by atoms with E-state index >= 15 is 0 Å². The number of Topliss-reactive ketones (excluding diaryl/α,β-unsaturated/α-hetero) is 1. The van der Waals surface area contributed by atoms with Crippen LogP contribution in [0, 0.1) is 0 Å². The molecule has 0 saturated carbocycles. The van der Waals surface area contributed by atoms with Crippen molar-refractivity contribution in [1.82, 2.24) is 14.5 Å². The van der Waals surface area contributed by atoms with E-state index in [1.165, 1.54) is 12.0 Å². The van der Waals surface area contributed by atoms with Crippen LogP contribution in [0.5, 0.6) is 17.2 Å². The SMILES string of the molecule is CCOc1ccc(C2/C(=C(/O)c3ccc4c(c3)CC(C)O4)C(=O)C(=O)N2CCCn2ccnc2)cc1OC. The number of fused-ring (bicyclic) bond motifs is 1. The Balaban J connectivity index is 1.56. The van der Waals surface area contributed by atoms with Crippen molar-refractivity contribution in [2.45, 2.75) is 45.4 Å². The second-order valence-electron chi connectivity index (χ2n) is 9.44. The molecule has 9 nitrogen and oxygen atoms in total. The monoisotopic (exact) mass is 517 g/mol. The number of hydrogen-bond acceptors (Lipinski definition) is 7. The summed E-state index contributed by atoms with van der Waals surface area (Å²) in [6, 6.07) is 9.88. The fourth-order valence-corrected chi connectivity index (χ4v) is 5.15. The molecule has 1 amide bonds. The first-order valence-corrected chi connectivity index (χ1v) is 12.8. The van der Waals surface area contributed by atoms with E-state index in [1.807, 2.05) is 30.7 Å². The molecule has 0 spiro atoms. The van der Waals surface area contributed by atoms with Crippen LogP contribution in [0.1, 0.15) is 43.0 Å². The first kappa shape index (κ1) is 25.4. The second kappa shape index (κ2) is 10.6. The maximum absolute atomic E-state index is 13.4. The van der Waals surface area contributed by atoms with Crippen LogP contribution in [0.3, 0.4) is 0 Å². The maximum Gasteiger partial charge on any atom is 0.295 e. The van der Waals surface area contributed by atoms with Gasteiger partial charge in [0.1, 0.15) is 17.6 Å². The molecule has 2 aliphatic heterocycles. The normalized spacial score (nSPS) is 19.9. The number of rotatable bonds is 9. The van der Waals surface area contributed by atoms with E-state index in [1.54, 1.807) is 42.9 Å². The van der Waals surface area contributed by atoms with Crippen molar-refractivity contribution in [2.75, 3.05) is 20.3 Å². The summed E-state index contributed by atoms with van der Waals surface area (Å²) in [5, 5.41) is 11.5. The van der Waals surface area contributed by atoms with Crippen LogP contribution in [0.4, 0.5) is 0 Å². The van der Waals surface area contributed by atoms with Gasteiger partial charge in [-0.15, -0.1) is 0 Å². The maximum atomic E-state index is 13.4. The minimum atomic E-state index is -0.786. The van der Waals surface area contributed by atoms with Crippen molar-refractivity contribution in [1.29, 1.82) is 0 Å². The van der Waals surface area contributed by atoms with Crippen molar-refractivity contribution in [3.63, 3.8) is 0 Å². The molecular formula is C29H31N3O6. The van der Waals surface area contributed by atoms with Gasteiger partial charge in [0.25, 0.3) is 11.7 Å². The number of ketones is 1. The number of methoxy groups -OCH3 is 1. The average Bonchev–Trinajstić information content (AvgIpc) is 3.62. The van der Waals surface area contributed by atoms with Crippen molar-refractivity contribution in [2.24, 2.45) is 0 Å². The third-order valence-electron chi connectivity index (χ3n) is 6.89. The molecule has 2 aliphatic rings. The van der Waals surface area contributed by atoms with Crippen LogP contribution in [0.2, 0.25) is 0 Å². The van der Waals surface area contributed by atoms with Gasteiger partial charge >= 0.3 is 0 Å². The lowest BCUT2D eigenvalue weighted by Gasteiger charge is -2.26. The zero-order valence-corrected chi connectivity index (χ0v) is 21.7. The molecule has 1 fully saturated rings. The lowest BCUT2D eigenvalue weighted by molar-refractivity contribution is -0.139. The van der Waals surface area contributed by atoms with Gasteiger partial charge in [-0.05, 0) is 61.7 Å². The van der Waals surface area contributed by atoms with Gasteiger partial charge in [-0.1, -0.05) is 6.07 Å². The largest absolute Gasteiger partial charge is 0.507 e. The van der Waals surface area contributed by atoms with Gasteiger partial charge in [0.15, 0.2) is 11.5 Å². The first-order valence-electron chi connectivity index (χ1n) is 12.8. The Hall–Kier alpha value is -4.27. The Bertz CT molecular complexity index is 1380. The summed E-state index contributed by atoms with van der Waals surface area (Å²) in [5.41, 5.74) is 2.12. The summed E-state index contributed by atoms with van der Waals surface area (Å²) in [7, 11) is 1.54.